The fourth-order valence-electron chi connectivity index (χ4n) is 2.17. The molecule has 0 radical (unpaired) electrons. The molecule has 6 heteroatoms. The summed E-state index contributed by atoms with van der Waals surface area (Å²) in [5.74, 6) is 1.48. The minimum absolute atomic E-state index is 0.0760. The van der Waals surface area contributed by atoms with Crippen molar-refractivity contribution >= 4 is 9.84 Å². The number of ether oxygens (including phenoxy) is 2. The van der Waals surface area contributed by atoms with E-state index < -0.39 is 9.84 Å². The molecule has 0 aliphatic carbocycles. The molecule has 20 heavy (non-hydrogen) atoms. The summed E-state index contributed by atoms with van der Waals surface area (Å²) in [4.78, 5) is 0. The highest BCUT2D eigenvalue weighted by Crippen LogP contribution is 2.32. The van der Waals surface area contributed by atoms with Crippen LogP contribution in [0.1, 0.15) is 24.9 Å². The van der Waals surface area contributed by atoms with Gasteiger partial charge in [0.1, 0.15) is 23.1 Å². The highest BCUT2D eigenvalue weighted by Gasteiger charge is 2.20. The van der Waals surface area contributed by atoms with Crippen LogP contribution in [0.2, 0.25) is 0 Å². The highest BCUT2D eigenvalue weighted by atomic mass is 32.2. The fourth-order valence-corrected chi connectivity index (χ4v) is 3.09. The van der Waals surface area contributed by atoms with Crippen molar-refractivity contribution in [3.63, 3.8) is 0 Å². The topological polar surface area (TPSA) is 64.6 Å². The van der Waals surface area contributed by atoms with Gasteiger partial charge < -0.3 is 14.8 Å². The van der Waals surface area contributed by atoms with Gasteiger partial charge in [-0.15, -0.1) is 0 Å². The molecule has 0 amide bonds. The number of fused-ring (bicyclic) bond motifs is 1. The van der Waals surface area contributed by atoms with Crippen LogP contribution in [0.15, 0.2) is 18.2 Å². The van der Waals surface area contributed by atoms with Gasteiger partial charge in [-0.2, -0.15) is 0 Å². The van der Waals surface area contributed by atoms with E-state index in [2.05, 4.69) is 5.32 Å². The molecule has 1 atom stereocenters. The van der Waals surface area contributed by atoms with E-state index in [4.69, 9.17) is 9.47 Å². The third kappa shape index (κ3) is 4.11. The van der Waals surface area contributed by atoms with Crippen molar-refractivity contribution in [1.29, 1.82) is 0 Å². The van der Waals surface area contributed by atoms with Crippen molar-refractivity contribution in [2.75, 3.05) is 31.8 Å². The highest BCUT2D eigenvalue weighted by molar-refractivity contribution is 7.90. The van der Waals surface area contributed by atoms with Crippen molar-refractivity contribution < 1.29 is 17.9 Å². The van der Waals surface area contributed by atoms with Gasteiger partial charge in [0.2, 0.25) is 0 Å². The standard InChI is InChI=1S/C14H21NO4S/c1-3-6-15-12(10-20(2,16)17)11-4-5-13-14(9-11)19-8-7-18-13/h4-5,9,12,15H,3,6-8,10H2,1-2H3. The molecule has 0 spiro atoms. The van der Waals surface area contributed by atoms with Crippen molar-refractivity contribution in [3.05, 3.63) is 23.8 Å². The Labute approximate surface area is 120 Å². The Bertz CT molecular complexity index is 556. The van der Waals surface area contributed by atoms with Crippen LogP contribution in [0.5, 0.6) is 11.5 Å². The van der Waals surface area contributed by atoms with E-state index in [0.29, 0.717) is 24.7 Å². The zero-order chi connectivity index (χ0) is 14.6. The first-order chi connectivity index (χ1) is 9.49. The summed E-state index contributed by atoms with van der Waals surface area (Å²) in [6, 6.07) is 5.38. The van der Waals surface area contributed by atoms with Crippen LogP contribution >= 0.6 is 0 Å². The van der Waals surface area contributed by atoms with E-state index in [1.54, 1.807) is 0 Å². The Morgan fingerprint density at radius 3 is 2.60 bits per heavy atom. The van der Waals surface area contributed by atoms with Gasteiger partial charge in [-0.1, -0.05) is 13.0 Å². The molecular formula is C14H21NO4S. The van der Waals surface area contributed by atoms with Gasteiger partial charge in [0, 0.05) is 12.3 Å². The molecule has 1 unspecified atom stereocenters. The van der Waals surface area contributed by atoms with Crippen LogP contribution in [0.25, 0.3) is 0 Å². The van der Waals surface area contributed by atoms with Crippen LogP contribution in [0.4, 0.5) is 0 Å². The first-order valence-electron chi connectivity index (χ1n) is 6.80. The van der Waals surface area contributed by atoms with Crippen LogP contribution in [0, 0.1) is 0 Å². The summed E-state index contributed by atoms with van der Waals surface area (Å²) < 4.78 is 34.2. The molecule has 1 heterocycles. The molecule has 1 aromatic rings. The molecule has 0 aromatic heterocycles. The van der Waals surface area contributed by atoms with E-state index in [0.717, 1.165) is 18.5 Å². The van der Waals surface area contributed by atoms with Crippen molar-refractivity contribution in [2.24, 2.45) is 0 Å². The summed E-state index contributed by atoms with van der Waals surface area (Å²) in [6.07, 6.45) is 2.20. The van der Waals surface area contributed by atoms with Crippen LogP contribution < -0.4 is 14.8 Å². The summed E-state index contributed by atoms with van der Waals surface area (Å²) in [7, 11) is -3.06. The molecular weight excluding hydrogens is 278 g/mol. The van der Waals surface area contributed by atoms with Crippen molar-refractivity contribution in [1.82, 2.24) is 5.32 Å². The minimum Gasteiger partial charge on any atom is -0.486 e. The molecule has 1 aliphatic heterocycles. The average molecular weight is 299 g/mol. The quantitative estimate of drug-likeness (QED) is 0.863. The lowest BCUT2D eigenvalue weighted by Crippen LogP contribution is -2.28. The van der Waals surface area contributed by atoms with Gasteiger partial charge in [0.15, 0.2) is 11.5 Å². The average Bonchev–Trinajstić information content (AvgIpc) is 2.41. The van der Waals surface area contributed by atoms with E-state index in [1.807, 2.05) is 25.1 Å². The molecule has 1 aliphatic rings. The van der Waals surface area contributed by atoms with Gasteiger partial charge in [-0.05, 0) is 30.7 Å². The summed E-state index contributed by atoms with van der Waals surface area (Å²) >= 11 is 0. The van der Waals surface area contributed by atoms with E-state index in [1.165, 1.54) is 6.26 Å². The lowest BCUT2D eigenvalue weighted by molar-refractivity contribution is 0.171. The lowest BCUT2D eigenvalue weighted by Gasteiger charge is -2.22. The van der Waals surface area contributed by atoms with Crippen LogP contribution in [0.3, 0.4) is 0 Å². The molecule has 1 aromatic carbocycles. The van der Waals surface area contributed by atoms with Crippen molar-refractivity contribution in [3.8, 4) is 11.5 Å². The number of sulfone groups is 1. The number of hydrogen-bond donors (Lipinski definition) is 1. The minimum atomic E-state index is -3.06. The Kier molecular flexibility index (Phi) is 4.88. The second kappa shape index (κ2) is 6.45. The monoisotopic (exact) mass is 299 g/mol. The third-order valence-electron chi connectivity index (χ3n) is 3.08. The smallest absolute Gasteiger partial charge is 0.161 e. The second-order valence-corrected chi connectivity index (χ2v) is 7.19. The van der Waals surface area contributed by atoms with Crippen LogP contribution in [-0.4, -0.2) is 40.2 Å². The maximum Gasteiger partial charge on any atom is 0.161 e. The van der Waals surface area contributed by atoms with Gasteiger partial charge >= 0.3 is 0 Å². The van der Waals surface area contributed by atoms with Gasteiger partial charge in [-0.3, -0.25) is 0 Å². The molecule has 1 N–H and O–H groups in total. The first kappa shape index (κ1) is 15.1. The predicted octanol–water partition coefficient (Wildman–Crippen LogP) is 1.54. The Morgan fingerprint density at radius 1 is 1.25 bits per heavy atom. The zero-order valence-corrected chi connectivity index (χ0v) is 12.7. The molecule has 0 saturated carbocycles. The van der Waals surface area contributed by atoms with E-state index in [-0.39, 0.29) is 11.8 Å². The van der Waals surface area contributed by atoms with Gasteiger partial charge in [0.05, 0.1) is 5.75 Å². The van der Waals surface area contributed by atoms with E-state index in [9.17, 15) is 8.42 Å². The van der Waals surface area contributed by atoms with Crippen LogP contribution in [-0.2, 0) is 9.84 Å². The molecule has 2 rings (SSSR count). The predicted molar refractivity (Wildman–Crippen MR) is 78.2 cm³/mol. The fraction of sp³-hybridized carbons (Fsp3) is 0.571. The maximum atomic E-state index is 11.6. The summed E-state index contributed by atoms with van der Waals surface area (Å²) in [5, 5.41) is 3.27. The summed E-state index contributed by atoms with van der Waals surface area (Å²) in [5.41, 5.74) is 0.910. The summed E-state index contributed by atoms with van der Waals surface area (Å²) in [6.45, 7) is 3.89. The number of benzene rings is 1. The number of nitrogens with one attached hydrogen (secondary N) is 1. The van der Waals surface area contributed by atoms with Crippen molar-refractivity contribution in [2.45, 2.75) is 19.4 Å². The molecule has 0 saturated heterocycles. The Morgan fingerprint density at radius 2 is 1.95 bits per heavy atom. The molecule has 0 bridgehead atoms. The van der Waals surface area contributed by atoms with E-state index >= 15 is 0 Å². The lowest BCUT2D eigenvalue weighted by atomic mass is 10.1. The third-order valence-corrected chi connectivity index (χ3v) is 4.02. The first-order valence-corrected chi connectivity index (χ1v) is 8.86. The number of hydrogen-bond acceptors (Lipinski definition) is 5. The second-order valence-electron chi connectivity index (χ2n) is 5.00. The Balaban J connectivity index is 2.23. The largest absolute Gasteiger partial charge is 0.486 e. The van der Waals surface area contributed by atoms with Gasteiger partial charge in [-0.25, -0.2) is 8.42 Å². The normalized spacial score (nSPS) is 15.9. The zero-order valence-electron chi connectivity index (χ0n) is 11.9. The molecule has 112 valence electrons. The Hall–Kier alpha value is -1.27. The SMILES string of the molecule is CCCNC(CS(C)(=O)=O)c1ccc2c(c1)OCCO2. The van der Waals surface area contributed by atoms with Gasteiger partial charge in [0.25, 0.3) is 0 Å². The number of rotatable bonds is 6. The molecule has 5 nitrogen and oxygen atoms in total. The molecule has 0 fully saturated rings. The maximum absolute atomic E-state index is 11.6.